The van der Waals surface area contributed by atoms with Gasteiger partial charge in [0.2, 0.25) is 0 Å². The lowest BCUT2D eigenvalue weighted by Gasteiger charge is -2.12. The van der Waals surface area contributed by atoms with Gasteiger partial charge in [-0.15, -0.1) is 10.2 Å². The predicted molar refractivity (Wildman–Crippen MR) is 152 cm³/mol. The fraction of sp³-hybridized carbons (Fsp3) is 0.100. The van der Waals surface area contributed by atoms with Crippen LogP contribution < -0.4 is 15.4 Å². The van der Waals surface area contributed by atoms with Gasteiger partial charge in [-0.05, 0) is 67.4 Å². The Labute approximate surface area is 224 Å². The Morgan fingerprint density at radius 3 is 2.36 bits per heavy atom. The number of aryl methyl sites for hydroxylation is 2. The second kappa shape index (κ2) is 10.6. The molecule has 5 aromatic rings. The number of ether oxygens (including phenoxy) is 1. The molecule has 1 amide bonds. The van der Waals surface area contributed by atoms with E-state index in [-0.39, 0.29) is 17.3 Å². The fourth-order valence-electron chi connectivity index (χ4n) is 4.30. The smallest absolute Gasteiger partial charge is 0.311 e. The number of rotatable bonds is 7. The third kappa shape index (κ3) is 5.24. The van der Waals surface area contributed by atoms with E-state index in [1.807, 2.05) is 56.3 Å². The Bertz CT molecular complexity index is 1720. The maximum Gasteiger partial charge on any atom is 0.311 e. The highest BCUT2D eigenvalue weighted by Crippen LogP contribution is 2.35. The average Bonchev–Trinajstić information content (AvgIpc) is 2.95. The maximum absolute atomic E-state index is 12.8. The maximum atomic E-state index is 12.8. The number of carbonyl (C=O) groups is 1. The SMILES string of the molecule is COc1ccc(-c2nnc(Nc3ccc(C(=O)Nc4cc(C)ccc4C)cc3)c3ccccc23)cc1[N+](=O)[O-]. The summed E-state index contributed by atoms with van der Waals surface area (Å²) in [5, 5.41) is 28.1. The first-order valence-electron chi connectivity index (χ1n) is 12.2. The van der Waals surface area contributed by atoms with E-state index in [1.165, 1.54) is 13.2 Å². The van der Waals surface area contributed by atoms with Gasteiger partial charge in [0.05, 0.1) is 12.0 Å². The van der Waals surface area contributed by atoms with Crippen molar-refractivity contribution in [1.82, 2.24) is 10.2 Å². The number of nitrogens with one attached hydrogen (secondary N) is 2. The first-order chi connectivity index (χ1) is 18.8. The van der Waals surface area contributed by atoms with Crippen LogP contribution >= 0.6 is 0 Å². The summed E-state index contributed by atoms with van der Waals surface area (Å²) >= 11 is 0. The number of anilines is 3. The molecule has 1 heterocycles. The highest BCUT2D eigenvalue weighted by atomic mass is 16.6. The largest absolute Gasteiger partial charge is 0.490 e. The van der Waals surface area contributed by atoms with Crippen molar-refractivity contribution >= 4 is 39.6 Å². The quantitative estimate of drug-likeness (QED) is 0.179. The van der Waals surface area contributed by atoms with Crippen molar-refractivity contribution < 1.29 is 14.5 Å². The van der Waals surface area contributed by atoms with E-state index in [1.54, 1.807) is 36.4 Å². The Hall–Kier alpha value is -5.31. The summed E-state index contributed by atoms with van der Waals surface area (Å²) in [6.45, 7) is 3.93. The van der Waals surface area contributed by atoms with Crippen LogP contribution in [0.15, 0.2) is 84.9 Å². The predicted octanol–water partition coefficient (Wildman–Crippen LogP) is 6.83. The van der Waals surface area contributed by atoms with Crippen LogP contribution in [0.1, 0.15) is 21.5 Å². The highest BCUT2D eigenvalue weighted by molar-refractivity contribution is 6.05. The number of fused-ring (bicyclic) bond motifs is 1. The van der Waals surface area contributed by atoms with Crippen molar-refractivity contribution in [2.45, 2.75) is 13.8 Å². The van der Waals surface area contributed by atoms with E-state index in [0.29, 0.717) is 22.6 Å². The van der Waals surface area contributed by atoms with Crippen LogP contribution in [0.3, 0.4) is 0 Å². The van der Waals surface area contributed by atoms with Gasteiger partial charge in [0.25, 0.3) is 5.91 Å². The van der Waals surface area contributed by atoms with Gasteiger partial charge in [-0.2, -0.15) is 0 Å². The molecule has 4 aromatic carbocycles. The number of benzene rings is 4. The number of aromatic nitrogens is 2. The van der Waals surface area contributed by atoms with Gasteiger partial charge < -0.3 is 15.4 Å². The van der Waals surface area contributed by atoms with Crippen molar-refractivity contribution in [1.29, 1.82) is 0 Å². The topological polar surface area (TPSA) is 119 Å². The van der Waals surface area contributed by atoms with Gasteiger partial charge in [0, 0.05) is 39.3 Å². The number of nitro benzene ring substituents is 1. The molecule has 9 nitrogen and oxygen atoms in total. The third-order valence-corrected chi connectivity index (χ3v) is 6.39. The Morgan fingerprint density at radius 1 is 0.897 bits per heavy atom. The molecular formula is C30H25N5O4. The van der Waals surface area contributed by atoms with Crippen molar-refractivity contribution in [3.05, 3.63) is 112 Å². The second-order valence-corrected chi connectivity index (χ2v) is 9.06. The lowest BCUT2D eigenvalue weighted by molar-refractivity contribution is -0.385. The molecule has 2 N–H and O–H groups in total. The van der Waals surface area contributed by atoms with E-state index >= 15 is 0 Å². The van der Waals surface area contributed by atoms with Crippen LogP contribution in [0.4, 0.5) is 22.9 Å². The number of methoxy groups -OCH3 is 1. The zero-order chi connectivity index (χ0) is 27.5. The molecule has 0 spiro atoms. The van der Waals surface area contributed by atoms with E-state index in [2.05, 4.69) is 20.8 Å². The molecular weight excluding hydrogens is 494 g/mol. The number of nitro groups is 1. The molecule has 0 radical (unpaired) electrons. The molecule has 0 bridgehead atoms. The first-order valence-corrected chi connectivity index (χ1v) is 12.2. The Morgan fingerprint density at radius 2 is 1.64 bits per heavy atom. The van der Waals surface area contributed by atoms with Gasteiger partial charge >= 0.3 is 5.69 Å². The molecule has 0 aliphatic carbocycles. The van der Waals surface area contributed by atoms with Crippen LogP contribution in [0.5, 0.6) is 5.75 Å². The monoisotopic (exact) mass is 519 g/mol. The zero-order valence-corrected chi connectivity index (χ0v) is 21.6. The van der Waals surface area contributed by atoms with Crippen LogP contribution in [0.2, 0.25) is 0 Å². The Kier molecular flexibility index (Phi) is 6.88. The van der Waals surface area contributed by atoms with Crippen LogP contribution in [-0.2, 0) is 0 Å². The minimum Gasteiger partial charge on any atom is -0.490 e. The van der Waals surface area contributed by atoms with E-state index in [4.69, 9.17) is 4.74 Å². The molecule has 0 saturated carbocycles. The lowest BCUT2D eigenvalue weighted by atomic mass is 10.0. The van der Waals surface area contributed by atoms with Gasteiger partial charge in [-0.1, -0.05) is 36.4 Å². The van der Waals surface area contributed by atoms with E-state index < -0.39 is 4.92 Å². The van der Waals surface area contributed by atoms with Crippen LogP contribution in [-0.4, -0.2) is 28.1 Å². The molecule has 0 fully saturated rings. The van der Waals surface area contributed by atoms with Gasteiger partial charge in [0.15, 0.2) is 11.6 Å². The molecule has 0 aliphatic heterocycles. The summed E-state index contributed by atoms with van der Waals surface area (Å²) in [6.07, 6.45) is 0. The normalized spacial score (nSPS) is 10.7. The summed E-state index contributed by atoms with van der Waals surface area (Å²) in [7, 11) is 1.39. The van der Waals surface area contributed by atoms with Crippen molar-refractivity contribution in [2.24, 2.45) is 0 Å². The van der Waals surface area contributed by atoms with Gasteiger partial charge in [0.1, 0.15) is 5.69 Å². The molecule has 0 saturated heterocycles. The summed E-state index contributed by atoms with van der Waals surface area (Å²) in [5.74, 6) is 0.494. The minimum absolute atomic E-state index is 0.148. The standard InChI is InChI=1S/C30H25N5O4/c1-18-8-9-19(2)25(16-18)32-30(36)20-10-13-22(14-11-20)31-29-24-7-5-4-6-23(24)28(33-34-29)21-12-15-27(39-3)26(17-21)35(37)38/h4-17H,1-3H3,(H,31,34)(H,32,36). The fourth-order valence-corrected chi connectivity index (χ4v) is 4.30. The lowest BCUT2D eigenvalue weighted by Crippen LogP contribution is -2.12. The molecule has 194 valence electrons. The van der Waals surface area contributed by atoms with E-state index in [9.17, 15) is 14.9 Å². The second-order valence-electron chi connectivity index (χ2n) is 9.06. The van der Waals surface area contributed by atoms with Crippen LogP contribution in [0.25, 0.3) is 22.0 Å². The molecule has 39 heavy (non-hydrogen) atoms. The first kappa shape index (κ1) is 25.3. The van der Waals surface area contributed by atoms with Crippen molar-refractivity contribution in [2.75, 3.05) is 17.7 Å². The average molecular weight is 520 g/mol. The molecule has 0 atom stereocenters. The number of amides is 1. The molecule has 5 rings (SSSR count). The number of hydrogen-bond acceptors (Lipinski definition) is 7. The van der Waals surface area contributed by atoms with E-state index in [0.717, 1.165) is 33.3 Å². The van der Waals surface area contributed by atoms with Gasteiger partial charge in [-0.3, -0.25) is 14.9 Å². The highest BCUT2D eigenvalue weighted by Gasteiger charge is 2.19. The zero-order valence-electron chi connectivity index (χ0n) is 21.6. The summed E-state index contributed by atoms with van der Waals surface area (Å²) in [4.78, 5) is 23.8. The molecule has 0 aliphatic rings. The van der Waals surface area contributed by atoms with Crippen LogP contribution in [0, 0.1) is 24.0 Å². The summed E-state index contributed by atoms with van der Waals surface area (Å²) in [5.41, 5.74) is 5.01. The molecule has 9 heteroatoms. The number of carbonyl (C=O) groups excluding carboxylic acids is 1. The third-order valence-electron chi connectivity index (χ3n) is 6.39. The minimum atomic E-state index is -0.486. The summed E-state index contributed by atoms with van der Waals surface area (Å²) < 4.78 is 5.12. The number of nitrogens with zero attached hydrogens (tertiary/aromatic N) is 3. The molecule has 0 unspecified atom stereocenters. The number of hydrogen-bond donors (Lipinski definition) is 2. The van der Waals surface area contributed by atoms with Crippen molar-refractivity contribution in [3.8, 4) is 17.0 Å². The van der Waals surface area contributed by atoms with Crippen molar-refractivity contribution in [3.63, 3.8) is 0 Å². The van der Waals surface area contributed by atoms with Gasteiger partial charge in [-0.25, -0.2) is 0 Å². The summed E-state index contributed by atoms with van der Waals surface area (Å²) in [6, 6.07) is 25.3. The Balaban J connectivity index is 1.41. The molecule has 1 aromatic heterocycles.